The standard InChI is InChI=1S/C12H15NO4/c1-13(2)3-4-15-10-6-12-11(16-8-17-12)5-9(10)7-14/h5-7H,3-4,8H2,1-2H3. The molecule has 0 radical (unpaired) electrons. The summed E-state index contributed by atoms with van der Waals surface area (Å²) in [5.74, 6) is 1.74. The van der Waals surface area contributed by atoms with Crippen molar-refractivity contribution in [2.24, 2.45) is 0 Å². The van der Waals surface area contributed by atoms with Gasteiger partial charge in [0.05, 0.1) is 5.56 Å². The summed E-state index contributed by atoms with van der Waals surface area (Å²) in [6.45, 7) is 1.50. The average molecular weight is 237 g/mol. The van der Waals surface area contributed by atoms with Crippen molar-refractivity contribution in [1.29, 1.82) is 0 Å². The van der Waals surface area contributed by atoms with Crippen molar-refractivity contribution in [2.45, 2.75) is 0 Å². The molecule has 0 saturated heterocycles. The molecule has 1 heterocycles. The van der Waals surface area contributed by atoms with E-state index in [9.17, 15) is 4.79 Å². The lowest BCUT2D eigenvalue weighted by Crippen LogP contribution is -2.19. The third-order valence-corrected chi connectivity index (χ3v) is 2.43. The molecule has 5 nitrogen and oxygen atoms in total. The normalized spacial score (nSPS) is 12.9. The smallest absolute Gasteiger partial charge is 0.231 e. The highest BCUT2D eigenvalue weighted by atomic mass is 16.7. The number of likely N-dealkylation sites (N-methyl/N-ethyl adjacent to an activating group) is 1. The lowest BCUT2D eigenvalue weighted by Gasteiger charge is -2.12. The Hall–Kier alpha value is -1.75. The largest absolute Gasteiger partial charge is 0.491 e. The topological polar surface area (TPSA) is 48.0 Å². The number of nitrogens with zero attached hydrogens (tertiary/aromatic N) is 1. The minimum atomic E-state index is 0.189. The van der Waals surface area contributed by atoms with Crippen LogP contribution in [0.15, 0.2) is 12.1 Å². The Bertz CT molecular complexity index is 417. The van der Waals surface area contributed by atoms with Crippen LogP contribution in [0.2, 0.25) is 0 Å². The van der Waals surface area contributed by atoms with E-state index in [1.54, 1.807) is 12.1 Å². The van der Waals surface area contributed by atoms with Crippen molar-refractivity contribution in [3.05, 3.63) is 17.7 Å². The zero-order valence-corrected chi connectivity index (χ0v) is 9.93. The first-order valence-corrected chi connectivity index (χ1v) is 5.37. The predicted molar refractivity (Wildman–Crippen MR) is 62.0 cm³/mol. The summed E-state index contributed by atoms with van der Waals surface area (Å²) < 4.78 is 16.0. The maximum absolute atomic E-state index is 10.9. The lowest BCUT2D eigenvalue weighted by molar-refractivity contribution is 0.111. The Balaban J connectivity index is 2.12. The zero-order valence-electron chi connectivity index (χ0n) is 9.93. The van der Waals surface area contributed by atoms with E-state index in [0.29, 0.717) is 29.4 Å². The molecule has 5 heteroatoms. The van der Waals surface area contributed by atoms with Gasteiger partial charge in [-0.05, 0) is 20.2 Å². The quantitative estimate of drug-likeness (QED) is 0.719. The number of aldehydes is 1. The van der Waals surface area contributed by atoms with Gasteiger partial charge in [0.25, 0.3) is 0 Å². The van der Waals surface area contributed by atoms with Gasteiger partial charge < -0.3 is 19.1 Å². The van der Waals surface area contributed by atoms with E-state index in [4.69, 9.17) is 14.2 Å². The molecule has 1 aromatic rings. The highest BCUT2D eigenvalue weighted by Gasteiger charge is 2.17. The van der Waals surface area contributed by atoms with E-state index in [0.717, 1.165) is 12.8 Å². The number of carbonyl (C=O) groups excluding carboxylic acids is 1. The molecule has 1 aliphatic heterocycles. The third-order valence-electron chi connectivity index (χ3n) is 2.43. The van der Waals surface area contributed by atoms with Crippen molar-refractivity contribution in [3.63, 3.8) is 0 Å². The zero-order chi connectivity index (χ0) is 12.3. The second kappa shape index (κ2) is 5.05. The summed E-state index contributed by atoms with van der Waals surface area (Å²) in [4.78, 5) is 12.9. The van der Waals surface area contributed by atoms with Crippen LogP contribution in [0.3, 0.4) is 0 Å². The van der Waals surface area contributed by atoms with Crippen molar-refractivity contribution >= 4 is 6.29 Å². The fourth-order valence-electron chi connectivity index (χ4n) is 1.49. The maximum Gasteiger partial charge on any atom is 0.231 e. The molecule has 92 valence electrons. The number of hydrogen-bond acceptors (Lipinski definition) is 5. The Morgan fingerprint density at radius 3 is 2.71 bits per heavy atom. The molecule has 0 bridgehead atoms. The van der Waals surface area contributed by atoms with Gasteiger partial charge in [0.15, 0.2) is 17.8 Å². The van der Waals surface area contributed by atoms with E-state index in [1.165, 1.54) is 0 Å². The second-order valence-electron chi connectivity index (χ2n) is 4.01. The molecule has 0 amide bonds. The van der Waals surface area contributed by atoms with E-state index in [1.807, 2.05) is 19.0 Å². The second-order valence-corrected chi connectivity index (χ2v) is 4.01. The SMILES string of the molecule is CN(C)CCOc1cc2c(cc1C=O)OCO2. The predicted octanol–water partition coefficient (Wildman–Crippen LogP) is 1.17. The van der Waals surface area contributed by atoms with Gasteiger partial charge >= 0.3 is 0 Å². The van der Waals surface area contributed by atoms with Gasteiger partial charge in [0.1, 0.15) is 12.4 Å². The minimum absolute atomic E-state index is 0.189. The molecule has 0 unspecified atom stereocenters. The third kappa shape index (κ3) is 2.68. The van der Waals surface area contributed by atoms with Crippen LogP contribution in [0, 0.1) is 0 Å². The summed E-state index contributed by atoms with van der Waals surface area (Å²) in [5.41, 5.74) is 0.480. The summed E-state index contributed by atoms with van der Waals surface area (Å²) in [7, 11) is 3.92. The molecule has 1 aliphatic rings. The summed E-state index contributed by atoms with van der Waals surface area (Å²) >= 11 is 0. The molecule has 2 rings (SSSR count). The van der Waals surface area contributed by atoms with Crippen molar-refractivity contribution in [1.82, 2.24) is 4.90 Å². The molecule has 0 spiro atoms. The molecule has 0 atom stereocenters. The average Bonchev–Trinajstić information content (AvgIpc) is 2.74. The van der Waals surface area contributed by atoms with Crippen molar-refractivity contribution in [2.75, 3.05) is 34.0 Å². The Labute approximate surface area is 99.9 Å². The van der Waals surface area contributed by atoms with E-state index in [-0.39, 0.29) is 6.79 Å². The number of ether oxygens (including phenoxy) is 3. The van der Waals surface area contributed by atoms with Crippen LogP contribution in [0.25, 0.3) is 0 Å². The molecule has 1 aromatic carbocycles. The van der Waals surface area contributed by atoms with Gasteiger partial charge in [0.2, 0.25) is 6.79 Å². The Morgan fingerprint density at radius 1 is 1.35 bits per heavy atom. The highest BCUT2D eigenvalue weighted by Crippen LogP contribution is 2.37. The molecular weight excluding hydrogens is 222 g/mol. The van der Waals surface area contributed by atoms with Gasteiger partial charge in [-0.15, -0.1) is 0 Å². The van der Waals surface area contributed by atoms with Gasteiger partial charge in [-0.25, -0.2) is 0 Å². The van der Waals surface area contributed by atoms with Gasteiger partial charge in [-0.1, -0.05) is 0 Å². The molecule has 0 N–H and O–H groups in total. The highest BCUT2D eigenvalue weighted by molar-refractivity contribution is 5.81. The van der Waals surface area contributed by atoms with E-state index >= 15 is 0 Å². The number of hydrogen-bond donors (Lipinski definition) is 0. The van der Waals surface area contributed by atoms with Crippen LogP contribution in [-0.2, 0) is 0 Å². The molecule has 0 aromatic heterocycles. The van der Waals surface area contributed by atoms with Gasteiger partial charge in [-0.2, -0.15) is 0 Å². The molecule has 0 fully saturated rings. The molecular formula is C12H15NO4. The summed E-state index contributed by atoms with van der Waals surface area (Å²) in [6, 6.07) is 3.34. The van der Waals surface area contributed by atoms with Gasteiger partial charge in [-0.3, -0.25) is 4.79 Å². The fourth-order valence-corrected chi connectivity index (χ4v) is 1.49. The summed E-state index contributed by atoms with van der Waals surface area (Å²) in [6.07, 6.45) is 0.757. The lowest BCUT2D eigenvalue weighted by atomic mass is 10.2. The van der Waals surface area contributed by atoms with Crippen LogP contribution in [0.4, 0.5) is 0 Å². The maximum atomic E-state index is 10.9. The first-order valence-electron chi connectivity index (χ1n) is 5.37. The van der Waals surface area contributed by atoms with Crippen LogP contribution < -0.4 is 14.2 Å². The van der Waals surface area contributed by atoms with Crippen molar-refractivity contribution in [3.8, 4) is 17.2 Å². The first kappa shape index (κ1) is 11.7. The first-order chi connectivity index (χ1) is 8.20. The monoisotopic (exact) mass is 237 g/mol. The minimum Gasteiger partial charge on any atom is -0.491 e. The van der Waals surface area contributed by atoms with E-state index < -0.39 is 0 Å². The Kier molecular flexibility index (Phi) is 3.49. The van der Waals surface area contributed by atoms with Crippen LogP contribution in [-0.4, -0.2) is 45.2 Å². The van der Waals surface area contributed by atoms with Crippen LogP contribution >= 0.6 is 0 Å². The Morgan fingerprint density at radius 2 is 2.06 bits per heavy atom. The van der Waals surface area contributed by atoms with Crippen molar-refractivity contribution < 1.29 is 19.0 Å². The molecule has 0 aliphatic carbocycles. The molecule has 0 saturated carbocycles. The number of fused-ring (bicyclic) bond motifs is 1. The van der Waals surface area contributed by atoms with Gasteiger partial charge in [0, 0.05) is 12.6 Å². The van der Waals surface area contributed by atoms with Crippen LogP contribution in [0.1, 0.15) is 10.4 Å². The van der Waals surface area contributed by atoms with E-state index in [2.05, 4.69) is 0 Å². The fraction of sp³-hybridized carbons (Fsp3) is 0.417. The van der Waals surface area contributed by atoms with Crippen LogP contribution in [0.5, 0.6) is 17.2 Å². The number of benzene rings is 1. The summed E-state index contributed by atoms with van der Waals surface area (Å²) in [5, 5.41) is 0. The number of rotatable bonds is 5. The molecule has 17 heavy (non-hydrogen) atoms. The number of carbonyl (C=O) groups is 1.